The fourth-order valence-electron chi connectivity index (χ4n) is 8.19. The Bertz CT molecular complexity index is 1530. The second-order valence-electron chi connectivity index (χ2n) is 16.1. The van der Waals surface area contributed by atoms with Gasteiger partial charge in [-0.15, -0.1) is 0 Å². The van der Waals surface area contributed by atoms with Crippen LogP contribution in [0.4, 0.5) is 0 Å². The average molecular weight is 753 g/mol. The van der Waals surface area contributed by atoms with Gasteiger partial charge in [-0.05, 0) is 74.2 Å². The molecular weight excluding hydrogens is 684 g/mol. The molecule has 0 spiro atoms. The molecule has 2 aromatic rings. The zero-order valence-corrected chi connectivity index (χ0v) is 34.9. The molecule has 54 heavy (non-hydrogen) atoms. The molecule has 302 valence electrons. The number of likely N-dealkylation sites (tertiary alicyclic amines) is 1. The summed E-state index contributed by atoms with van der Waals surface area (Å²) in [4.78, 5) is 64.9. The highest BCUT2D eigenvalue weighted by atomic mass is 16.5. The van der Waals surface area contributed by atoms with Crippen LogP contribution in [-0.2, 0) is 35.1 Å². The van der Waals surface area contributed by atoms with Crippen LogP contribution in [0.5, 0.6) is 0 Å². The van der Waals surface area contributed by atoms with Crippen molar-refractivity contribution >= 4 is 34.4 Å². The molecule has 8 atom stereocenters. The van der Waals surface area contributed by atoms with E-state index in [9.17, 15) is 19.2 Å². The molecule has 4 amide bonds. The molecule has 1 saturated heterocycles. The summed E-state index contributed by atoms with van der Waals surface area (Å²) < 4.78 is 12.0. The van der Waals surface area contributed by atoms with Gasteiger partial charge in [0.25, 0.3) is 0 Å². The summed E-state index contributed by atoms with van der Waals surface area (Å²) in [7, 11) is 8.66. The lowest BCUT2D eigenvalue weighted by Gasteiger charge is -2.41. The fraction of sp³-hybridized carbons (Fsp3) is 0.690. The smallest absolute Gasteiger partial charge is 0.245 e. The predicted molar refractivity (Wildman–Crippen MR) is 214 cm³/mol. The van der Waals surface area contributed by atoms with E-state index in [1.54, 1.807) is 32.4 Å². The summed E-state index contributed by atoms with van der Waals surface area (Å²) in [5.41, 5.74) is 1.11. The van der Waals surface area contributed by atoms with Gasteiger partial charge in [-0.2, -0.15) is 0 Å². The highest BCUT2D eigenvalue weighted by molar-refractivity contribution is 5.90. The van der Waals surface area contributed by atoms with Gasteiger partial charge in [0.15, 0.2) is 0 Å². The van der Waals surface area contributed by atoms with Crippen LogP contribution in [0, 0.1) is 23.7 Å². The van der Waals surface area contributed by atoms with Gasteiger partial charge in [0.1, 0.15) is 6.04 Å². The van der Waals surface area contributed by atoms with E-state index in [-0.39, 0.29) is 59.9 Å². The van der Waals surface area contributed by atoms with Crippen LogP contribution in [0.25, 0.3) is 10.8 Å². The van der Waals surface area contributed by atoms with Gasteiger partial charge in [0.2, 0.25) is 23.6 Å². The molecule has 0 radical (unpaired) electrons. The SMILES string of the molecule is CC[C@H](C)C([C@@H](CC(=O)N1CCC[C@H]1[C@H](OC)[C@@H](C)C(=O)NCCc1ccc2ccncc2c1)OC)N(C)C(=O)[C@@H](NC(=O)C(C(C)C)N(C)C)C(C)C. The maximum absolute atomic E-state index is 14.2. The fourth-order valence-corrected chi connectivity index (χ4v) is 8.19. The molecule has 12 nitrogen and oxygen atoms in total. The van der Waals surface area contributed by atoms with Gasteiger partial charge in [0.05, 0.1) is 42.7 Å². The number of carbonyl (C=O) groups is 4. The van der Waals surface area contributed by atoms with E-state index in [4.69, 9.17) is 9.47 Å². The average Bonchev–Trinajstić information content (AvgIpc) is 3.62. The van der Waals surface area contributed by atoms with Crippen molar-refractivity contribution in [1.29, 1.82) is 0 Å². The van der Waals surface area contributed by atoms with Gasteiger partial charge < -0.3 is 29.9 Å². The first-order valence-corrected chi connectivity index (χ1v) is 19.8. The van der Waals surface area contributed by atoms with Crippen LogP contribution in [0.1, 0.15) is 79.7 Å². The Morgan fingerprint density at radius 3 is 2.24 bits per heavy atom. The van der Waals surface area contributed by atoms with Crippen molar-refractivity contribution in [3.8, 4) is 0 Å². The Hall–Kier alpha value is -3.61. The quantitative estimate of drug-likeness (QED) is 0.202. The molecule has 2 heterocycles. The van der Waals surface area contributed by atoms with E-state index in [1.807, 2.05) is 70.8 Å². The van der Waals surface area contributed by atoms with Gasteiger partial charge in [0, 0.05) is 52.1 Å². The van der Waals surface area contributed by atoms with Crippen molar-refractivity contribution in [2.75, 3.05) is 48.5 Å². The van der Waals surface area contributed by atoms with E-state index in [0.717, 1.165) is 35.6 Å². The van der Waals surface area contributed by atoms with Crippen LogP contribution >= 0.6 is 0 Å². The molecule has 2 N–H and O–H groups in total. The van der Waals surface area contributed by atoms with Crippen LogP contribution in [0.3, 0.4) is 0 Å². The first kappa shape index (κ1) is 44.8. The van der Waals surface area contributed by atoms with Gasteiger partial charge >= 0.3 is 0 Å². The van der Waals surface area contributed by atoms with Crippen molar-refractivity contribution in [3.05, 3.63) is 42.2 Å². The Kier molecular flexibility index (Phi) is 17.3. The number of pyridine rings is 1. The summed E-state index contributed by atoms with van der Waals surface area (Å²) in [6.45, 7) is 14.8. The maximum atomic E-state index is 14.2. The molecule has 0 aliphatic carbocycles. The minimum atomic E-state index is -0.744. The van der Waals surface area contributed by atoms with Crippen LogP contribution in [0.15, 0.2) is 36.7 Å². The molecule has 1 aliphatic rings. The second kappa shape index (κ2) is 20.9. The Morgan fingerprint density at radius 2 is 1.65 bits per heavy atom. The Labute approximate surface area is 324 Å². The minimum Gasteiger partial charge on any atom is -0.379 e. The van der Waals surface area contributed by atoms with E-state index in [1.165, 1.54) is 0 Å². The lowest BCUT2D eigenvalue weighted by Crippen LogP contribution is -2.59. The van der Waals surface area contributed by atoms with Crippen LogP contribution in [0.2, 0.25) is 0 Å². The molecule has 3 rings (SSSR count). The van der Waals surface area contributed by atoms with Gasteiger partial charge in [-0.1, -0.05) is 67.0 Å². The molecule has 0 bridgehead atoms. The van der Waals surface area contributed by atoms with Gasteiger partial charge in [-0.25, -0.2) is 0 Å². The lowest BCUT2D eigenvalue weighted by atomic mass is 9.89. The third kappa shape index (κ3) is 11.2. The minimum absolute atomic E-state index is 0.00138. The van der Waals surface area contributed by atoms with Crippen molar-refractivity contribution in [3.63, 3.8) is 0 Å². The summed E-state index contributed by atoms with van der Waals surface area (Å²) >= 11 is 0. The van der Waals surface area contributed by atoms with Gasteiger partial charge in [-0.3, -0.25) is 29.1 Å². The summed E-state index contributed by atoms with van der Waals surface area (Å²) in [5, 5.41) is 8.32. The molecule has 1 aromatic carbocycles. The third-order valence-electron chi connectivity index (χ3n) is 11.4. The largest absolute Gasteiger partial charge is 0.379 e. The number of ether oxygens (including phenoxy) is 2. The summed E-state index contributed by atoms with van der Waals surface area (Å²) in [6, 6.07) is 6.38. The summed E-state index contributed by atoms with van der Waals surface area (Å²) in [6.07, 6.45) is 5.55. The number of nitrogens with zero attached hydrogens (tertiary/aromatic N) is 4. The lowest BCUT2D eigenvalue weighted by molar-refractivity contribution is -0.148. The van der Waals surface area contributed by atoms with E-state index >= 15 is 0 Å². The Morgan fingerprint density at radius 1 is 0.944 bits per heavy atom. The van der Waals surface area contributed by atoms with Crippen LogP contribution in [-0.4, -0.2) is 128 Å². The first-order valence-electron chi connectivity index (χ1n) is 19.8. The van der Waals surface area contributed by atoms with Crippen molar-refractivity contribution < 1.29 is 28.7 Å². The molecule has 1 aliphatic heterocycles. The zero-order valence-electron chi connectivity index (χ0n) is 34.9. The number of amides is 4. The van der Waals surface area contributed by atoms with E-state index in [2.05, 4.69) is 47.7 Å². The molecule has 1 aromatic heterocycles. The number of methoxy groups -OCH3 is 2. The number of nitrogens with one attached hydrogen (secondary N) is 2. The van der Waals surface area contributed by atoms with Crippen LogP contribution < -0.4 is 10.6 Å². The van der Waals surface area contributed by atoms with E-state index in [0.29, 0.717) is 19.5 Å². The number of rotatable bonds is 20. The molecular formula is C42H68N6O6. The molecule has 0 saturated carbocycles. The first-order chi connectivity index (χ1) is 25.6. The highest BCUT2D eigenvalue weighted by Gasteiger charge is 2.43. The number of aromatic nitrogens is 1. The van der Waals surface area contributed by atoms with Crippen molar-refractivity contribution in [2.24, 2.45) is 23.7 Å². The summed E-state index contributed by atoms with van der Waals surface area (Å²) in [5.74, 6) is -1.21. The monoisotopic (exact) mass is 753 g/mol. The molecule has 1 fully saturated rings. The Balaban J connectivity index is 1.71. The van der Waals surface area contributed by atoms with Crippen molar-refractivity contribution in [1.82, 2.24) is 30.3 Å². The van der Waals surface area contributed by atoms with E-state index < -0.39 is 30.2 Å². The number of carbonyl (C=O) groups excluding carboxylic acids is 4. The molecule has 12 heteroatoms. The number of hydrogen-bond donors (Lipinski definition) is 2. The number of likely N-dealkylation sites (N-methyl/N-ethyl adjacent to an activating group) is 2. The number of benzene rings is 1. The number of fused-ring (bicyclic) bond motifs is 1. The highest BCUT2D eigenvalue weighted by Crippen LogP contribution is 2.30. The molecule has 2 unspecified atom stereocenters. The van der Waals surface area contributed by atoms with Crippen molar-refractivity contribution in [2.45, 2.75) is 117 Å². The second-order valence-corrected chi connectivity index (χ2v) is 16.1. The third-order valence-corrected chi connectivity index (χ3v) is 11.4. The topological polar surface area (TPSA) is 133 Å². The maximum Gasteiger partial charge on any atom is 0.245 e. The standard InChI is InChI=1S/C42H68N6O6/c1-13-28(6)38(47(10)42(52)36(26(2)3)45-41(51)37(27(4)5)46(8)9)34(53-11)24-35(49)48-22-14-15-33(48)39(54-12)29(7)40(50)44-21-18-30-16-17-31-19-20-43-25-32(31)23-30/h16-17,19-20,23,25-29,33-34,36-39H,13-15,18,21-22,24H2,1-12H3,(H,44,50)(H,45,51)/t28-,29+,33-,34+,36-,37?,38?,39+/m0/s1. The normalized spacial score (nSPS) is 18.6. The number of hydrogen-bond acceptors (Lipinski definition) is 8. The predicted octanol–water partition coefficient (Wildman–Crippen LogP) is 4.54. The zero-order chi connectivity index (χ0) is 40.3.